The van der Waals surface area contributed by atoms with E-state index in [9.17, 15) is 4.79 Å². The summed E-state index contributed by atoms with van der Waals surface area (Å²) in [6.07, 6.45) is 1.70. The quantitative estimate of drug-likeness (QED) is 0.134. The summed E-state index contributed by atoms with van der Waals surface area (Å²) < 4.78 is 4.49. The largest absolute Gasteiger partial charge is 0.341 e. The van der Waals surface area contributed by atoms with E-state index in [1.807, 2.05) is 24.3 Å². The highest BCUT2D eigenvalue weighted by atomic mass is 32.2. The zero-order chi connectivity index (χ0) is 26.8. The molecule has 0 spiro atoms. The molecule has 194 valence electrons. The average Bonchev–Trinajstić information content (AvgIpc) is 3.47. The van der Waals surface area contributed by atoms with Crippen LogP contribution in [0, 0.1) is 6.92 Å². The van der Waals surface area contributed by atoms with Gasteiger partial charge in [0, 0.05) is 28.4 Å². The van der Waals surface area contributed by atoms with Crippen LogP contribution >= 0.6 is 11.8 Å². The van der Waals surface area contributed by atoms with Crippen LogP contribution in [-0.4, -0.2) is 32.0 Å². The Hall–Kier alpha value is -4.36. The summed E-state index contributed by atoms with van der Waals surface area (Å²) in [6, 6.07) is 31.3. The molecule has 6 rings (SSSR count). The molecule has 0 saturated carbocycles. The number of amides is 1. The zero-order valence-corrected chi connectivity index (χ0v) is 22.8. The highest BCUT2D eigenvalue weighted by Gasteiger charge is 2.14. The Morgan fingerprint density at radius 3 is 2.46 bits per heavy atom. The molecule has 2 aromatic heterocycles. The molecule has 1 N–H and O–H groups in total. The van der Waals surface area contributed by atoms with Crippen LogP contribution < -0.4 is 5.43 Å². The monoisotopic (exact) mass is 531 g/mol. The smallest absolute Gasteiger partial charge is 0.250 e. The number of para-hydroxylation sites is 3. The summed E-state index contributed by atoms with van der Waals surface area (Å²) in [6.45, 7) is 5.85. The Labute approximate surface area is 231 Å². The van der Waals surface area contributed by atoms with Crippen molar-refractivity contribution in [2.24, 2.45) is 5.10 Å². The lowest BCUT2D eigenvalue weighted by atomic mass is 10.1. The molecule has 0 radical (unpaired) electrons. The first-order valence-corrected chi connectivity index (χ1v) is 14.1. The summed E-state index contributed by atoms with van der Waals surface area (Å²) in [5.41, 5.74) is 10.4. The van der Waals surface area contributed by atoms with Gasteiger partial charge >= 0.3 is 0 Å². The number of rotatable bonds is 8. The second kappa shape index (κ2) is 10.8. The van der Waals surface area contributed by atoms with Crippen molar-refractivity contribution in [2.75, 3.05) is 5.75 Å². The minimum Gasteiger partial charge on any atom is -0.341 e. The van der Waals surface area contributed by atoms with Gasteiger partial charge < -0.3 is 9.13 Å². The Morgan fingerprint density at radius 1 is 0.897 bits per heavy atom. The predicted octanol–water partition coefficient (Wildman–Crippen LogP) is 6.76. The molecule has 0 unspecified atom stereocenters. The van der Waals surface area contributed by atoms with Gasteiger partial charge in [0.15, 0.2) is 5.16 Å². The van der Waals surface area contributed by atoms with E-state index in [0.29, 0.717) is 6.54 Å². The Kier molecular flexibility index (Phi) is 6.90. The van der Waals surface area contributed by atoms with Gasteiger partial charge in [-0.2, -0.15) is 5.10 Å². The average molecular weight is 532 g/mol. The van der Waals surface area contributed by atoms with E-state index in [-0.39, 0.29) is 11.7 Å². The Balaban J connectivity index is 1.15. The van der Waals surface area contributed by atoms with Gasteiger partial charge in [-0.05, 0) is 55.3 Å². The van der Waals surface area contributed by atoms with Crippen molar-refractivity contribution >= 4 is 56.7 Å². The number of imidazole rings is 1. The second-order valence-corrected chi connectivity index (χ2v) is 10.5. The topological polar surface area (TPSA) is 64.2 Å². The standard InChI is InChI=1S/C32H29N5OS/c1-3-36-28-10-6-4-8-25(28)26-18-24(16-17-29(26)36)19-33-35-31(38)21-39-32-34-27-9-5-7-11-30(27)37(32)20-23-14-12-22(2)13-15-23/h4-19H,3,20-21H2,1-2H3,(H,35,38)/b33-19-. The zero-order valence-electron chi connectivity index (χ0n) is 22.0. The first-order valence-electron chi connectivity index (χ1n) is 13.1. The maximum Gasteiger partial charge on any atom is 0.250 e. The Morgan fingerprint density at radius 2 is 1.64 bits per heavy atom. The number of hydrogen-bond acceptors (Lipinski definition) is 4. The fourth-order valence-electron chi connectivity index (χ4n) is 5.03. The van der Waals surface area contributed by atoms with Gasteiger partial charge in [-0.25, -0.2) is 10.4 Å². The van der Waals surface area contributed by atoms with Crippen LogP contribution in [0.25, 0.3) is 32.8 Å². The molecule has 6 nitrogen and oxygen atoms in total. The fraction of sp³-hybridized carbons (Fsp3) is 0.156. The van der Waals surface area contributed by atoms with Crippen LogP contribution in [0.5, 0.6) is 0 Å². The van der Waals surface area contributed by atoms with E-state index in [0.717, 1.165) is 28.3 Å². The number of nitrogens with one attached hydrogen (secondary N) is 1. The normalized spacial score (nSPS) is 11.7. The van der Waals surface area contributed by atoms with E-state index in [2.05, 4.69) is 100 Å². The van der Waals surface area contributed by atoms with Gasteiger partial charge in [-0.1, -0.05) is 78.0 Å². The van der Waals surface area contributed by atoms with Crippen molar-refractivity contribution in [3.8, 4) is 0 Å². The molecular weight excluding hydrogens is 502 g/mol. The summed E-state index contributed by atoms with van der Waals surface area (Å²) in [7, 11) is 0. The van der Waals surface area contributed by atoms with Crippen LogP contribution in [0.3, 0.4) is 0 Å². The van der Waals surface area contributed by atoms with Crippen molar-refractivity contribution in [3.05, 3.63) is 108 Å². The summed E-state index contributed by atoms with van der Waals surface area (Å²) in [5.74, 6) is 0.0475. The summed E-state index contributed by atoms with van der Waals surface area (Å²) in [4.78, 5) is 17.5. The molecule has 1 amide bonds. The summed E-state index contributed by atoms with van der Waals surface area (Å²) in [5, 5.41) is 7.46. The highest BCUT2D eigenvalue weighted by molar-refractivity contribution is 7.99. The third-order valence-electron chi connectivity index (χ3n) is 6.93. The molecule has 4 aromatic carbocycles. The van der Waals surface area contributed by atoms with Gasteiger partial charge in [0.05, 0.1) is 29.5 Å². The minimum absolute atomic E-state index is 0.172. The molecule has 7 heteroatoms. The Bertz CT molecular complexity index is 1830. The molecule has 0 aliphatic heterocycles. The lowest BCUT2D eigenvalue weighted by molar-refractivity contribution is -0.118. The van der Waals surface area contributed by atoms with Gasteiger partial charge in [-0.3, -0.25) is 4.79 Å². The molecule has 0 aliphatic carbocycles. The van der Waals surface area contributed by atoms with Crippen molar-refractivity contribution in [3.63, 3.8) is 0 Å². The number of aryl methyl sites for hydroxylation is 2. The molecule has 0 fully saturated rings. The lowest BCUT2D eigenvalue weighted by Gasteiger charge is -2.09. The van der Waals surface area contributed by atoms with Gasteiger partial charge in [0.25, 0.3) is 5.91 Å². The van der Waals surface area contributed by atoms with Crippen LogP contribution in [-0.2, 0) is 17.9 Å². The number of aromatic nitrogens is 3. The van der Waals surface area contributed by atoms with Gasteiger partial charge in [-0.15, -0.1) is 0 Å². The molecular formula is C32H29N5OS. The molecule has 0 bridgehead atoms. The summed E-state index contributed by atoms with van der Waals surface area (Å²) >= 11 is 1.42. The SMILES string of the molecule is CCn1c2ccccc2c2cc(/C=N\NC(=O)CSc3nc4ccccc4n3Cc3ccc(C)cc3)ccc21. The second-order valence-electron chi connectivity index (χ2n) is 9.57. The van der Waals surface area contributed by atoms with Crippen molar-refractivity contribution in [1.82, 2.24) is 19.5 Å². The first-order chi connectivity index (χ1) is 19.1. The van der Waals surface area contributed by atoms with Crippen LogP contribution in [0.2, 0.25) is 0 Å². The fourth-order valence-corrected chi connectivity index (χ4v) is 5.83. The molecule has 0 atom stereocenters. The predicted molar refractivity (Wildman–Crippen MR) is 162 cm³/mol. The molecule has 39 heavy (non-hydrogen) atoms. The highest BCUT2D eigenvalue weighted by Crippen LogP contribution is 2.29. The van der Waals surface area contributed by atoms with Gasteiger partial charge in [0.2, 0.25) is 0 Å². The number of thioether (sulfide) groups is 1. The maximum absolute atomic E-state index is 12.7. The number of carbonyl (C=O) groups is 1. The molecule has 0 aliphatic rings. The number of carbonyl (C=O) groups excluding carboxylic acids is 1. The van der Waals surface area contributed by atoms with E-state index >= 15 is 0 Å². The van der Waals surface area contributed by atoms with Crippen LogP contribution in [0.4, 0.5) is 0 Å². The number of hydrazone groups is 1. The van der Waals surface area contributed by atoms with Crippen molar-refractivity contribution in [1.29, 1.82) is 0 Å². The molecule has 2 heterocycles. The van der Waals surface area contributed by atoms with E-state index in [4.69, 9.17) is 4.98 Å². The van der Waals surface area contributed by atoms with Crippen molar-refractivity contribution in [2.45, 2.75) is 32.1 Å². The lowest BCUT2D eigenvalue weighted by Crippen LogP contribution is -2.20. The van der Waals surface area contributed by atoms with Crippen molar-refractivity contribution < 1.29 is 4.79 Å². The van der Waals surface area contributed by atoms with E-state index < -0.39 is 0 Å². The van der Waals surface area contributed by atoms with Gasteiger partial charge in [0.1, 0.15) is 0 Å². The third kappa shape index (κ3) is 5.05. The molecule has 6 aromatic rings. The molecule has 0 saturated heterocycles. The van der Waals surface area contributed by atoms with E-state index in [1.165, 1.54) is 44.7 Å². The first kappa shape index (κ1) is 24.9. The number of nitrogens with zero attached hydrogens (tertiary/aromatic N) is 4. The third-order valence-corrected chi connectivity index (χ3v) is 7.91. The number of benzene rings is 4. The maximum atomic E-state index is 12.7. The van der Waals surface area contributed by atoms with E-state index in [1.54, 1.807) is 6.21 Å². The number of fused-ring (bicyclic) bond motifs is 4. The minimum atomic E-state index is -0.172. The number of hydrogen-bond donors (Lipinski definition) is 1. The van der Waals surface area contributed by atoms with Crippen LogP contribution in [0.15, 0.2) is 101 Å². The van der Waals surface area contributed by atoms with Crippen LogP contribution in [0.1, 0.15) is 23.6 Å².